The highest BCUT2D eigenvalue weighted by molar-refractivity contribution is 9.10. The van der Waals surface area contributed by atoms with Gasteiger partial charge in [-0.3, -0.25) is 0 Å². The Labute approximate surface area is 116 Å². The monoisotopic (exact) mass is 312 g/mol. The lowest BCUT2D eigenvalue weighted by Gasteiger charge is -2.36. The number of rotatable bonds is 4. The normalized spacial score (nSPS) is 27.8. The van der Waals surface area contributed by atoms with Crippen LogP contribution in [0.3, 0.4) is 0 Å². The average molecular weight is 313 g/mol. The summed E-state index contributed by atoms with van der Waals surface area (Å²) in [5.41, 5.74) is -0.411. The van der Waals surface area contributed by atoms with Crippen molar-refractivity contribution >= 4 is 15.9 Å². The summed E-state index contributed by atoms with van der Waals surface area (Å²) in [5, 5.41) is 0. The first-order valence-corrected chi connectivity index (χ1v) is 6.68. The molecule has 0 amide bonds. The van der Waals surface area contributed by atoms with Gasteiger partial charge >= 0.3 is 0 Å². The van der Waals surface area contributed by atoms with Crippen LogP contribution in [0, 0.1) is 0 Å². The minimum atomic E-state index is -0.411. The molecule has 1 aromatic carbocycles. The maximum Gasteiger partial charge on any atom is 0.119 e. The third-order valence-electron chi connectivity index (χ3n) is 2.81. The van der Waals surface area contributed by atoms with E-state index in [0.717, 1.165) is 10.2 Å². The van der Waals surface area contributed by atoms with Gasteiger partial charge < -0.3 is 14.2 Å². The van der Waals surface area contributed by atoms with Gasteiger partial charge in [0.15, 0.2) is 0 Å². The first-order valence-electron chi connectivity index (χ1n) is 5.89. The number of ether oxygens (including phenoxy) is 3. The van der Waals surface area contributed by atoms with Crippen LogP contribution in [-0.4, -0.2) is 31.5 Å². The number of halogens is 1. The molecule has 3 nitrogen and oxygen atoms in total. The molecular formula is C14H17BrO3. The first kappa shape index (κ1) is 13.6. The molecule has 18 heavy (non-hydrogen) atoms. The van der Waals surface area contributed by atoms with E-state index in [1.807, 2.05) is 31.2 Å². The summed E-state index contributed by atoms with van der Waals surface area (Å²) in [5.74, 6) is 0.827. The molecule has 0 N–H and O–H groups in total. The van der Waals surface area contributed by atoms with Crippen molar-refractivity contribution in [2.24, 2.45) is 0 Å². The molecule has 1 fully saturated rings. The van der Waals surface area contributed by atoms with Crippen molar-refractivity contribution in [2.45, 2.75) is 18.6 Å². The van der Waals surface area contributed by atoms with E-state index in [0.29, 0.717) is 19.8 Å². The van der Waals surface area contributed by atoms with Gasteiger partial charge in [-0.25, -0.2) is 0 Å². The van der Waals surface area contributed by atoms with Gasteiger partial charge in [0.1, 0.15) is 24.1 Å². The second-order valence-electron chi connectivity index (χ2n) is 4.54. The van der Waals surface area contributed by atoms with Gasteiger partial charge in [-0.05, 0) is 31.2 Å². The molecule has 0 aliphatic carbocycles. The van der Waals surface area contributed by atoms with E-state index in [2.05, 4.69) is 22.5 Å². The van der Waals surface area contributed by atoms with E-state index in [-0.39, 0.29) is 6.10 Å². The molecule has 0 bridgehead atoms. The fourth-order valence-corrected chi connectivity index (χ4v) is 2.02. The molecule has 1 aromatic rings. The topological polar surface area (TPSA) is 27.7 Å². The van der Waals surface area contributed by atoms with Gasteiger partial charge in [0.2, 0.25) is 0 Å². The zero-order chi connectivity index (χ0) is 13.0. The van der Waals surface area contributed by atoms with Crippen LogP contribution < -0.4 is 4.74 Å². The van der Waals surface area contributed by atoms with Crippen LogP contribution in [0.2, 0.25) is 0 Å². The molecule has 1 saturated heterocycles. The molecule has 0 saturated carbocycles. The highest BCUT2D eigenvalue weighted by atomic mass is 79.9. The van der Waals surface area contributed by atoms with Gasteiger partial charge in [0, 0.05) is 4.47 Å². The fraction of sp³-hybridized carbons (Fsp3) is 0.429. The largest absolute Gasteiger partial charge is 0.491 e. The third kappa shape index (κ3) is 3.57. The van der Waals surface area contributed by atoms with Crippen molar-refractivity contribution in [3.63, 3.8) is 0 Å². The lowest BCUT2D eigenvalue weighted by atomic mass is 10.1. The van der Waals surface area contributed by atoms with Gasteiger partial charge in [-0.2, -0.15) is 0 Å². The summed E-state index contributed by atoms with van der Waals surface area (Å²) < 4.78 is 18.1. The Kier molecular flexibility index (Phi) is 4.43. The molecule has 0 unspecified atom stereocenters. The highest BCUT2D eigenvalue weighted by Crippen LogP contribution is 2.22. The molecule has 1 heterocycles. The smallest absolute Gasteiger partial charge is 0.119 e. The van der Waals surface area contributed by atoms with Crippen LogP contribution in [0.4, 0.5) is 0 Å². The molecule has 0 aromatic heterocycles. The standard InChI is InChI=1S/C14H17BrO3/c1-3-14(2)10-16-8-13(18-14)9-17-12-6-4-11(15)5-7-12/h3-7,13H,1,8-10H2,2H3/t13-,14-/m0/s1. The Hall–Kier alpha value is -0.840. The Bertz CT molecular complexity index is 404. The minimum absolute atomic E-state index is 0.0644. The molecule has 0 spiro atoms. The van der Waals surface area contributed by atoms with Crippen LogP contribution in [0.25, 0.3) is 0 Å². The maximum atomic E-state index is 5.89. The van der Waals surface area contributed by atoms with Crippen LogP contribution in [0.15, 0.2) is 41.4 Å². The summed E-state index contributed by atoms with van der Waals surface area (Å²) in [6.45, 7) is 7.31. The van der Waals surface area contributed by atoms with Crippen molar-refractivity contribution in [2.75, 3.05) is 19.8 Å². The predicted molar refractivity (Wildman–Crippen MR) is 73.9 cm³/mol. The molecule has 1 aliphatic heterocycles. The van der Waals surface area contributed by atoms with Crippen molar-refractivity contribution in [3.05, 3.63) is 41.4 Å². The van der Waals surface area contributed by atoms with Crippen molar-refractivity contribution < 1.29 is 14.2 Å². The quantitative estimate of drug-likeness (QED) is 0.799. The molecule has 1 aliphatic rings. The number of hydrogen-bond acceptors (Lipinski definition) is 3. The fourth-order valence-electron chi connectivity index (χ4n) is 1.75. The summed E-state index contributed by atoms with van der Waals surface area (Å²) in [6.07, 6.45) is 1.71. The summed E-state index contributed by atoms with van der Waals surface area (Å²) in [6, 6.07) is 7.73. The zero-order valence-corrected chi connectivity index (χ0v) is 12.0. The second-order valence-corrected chi connectivity index (χ2v) is 5.45. The van der Waals surface area contributed by atoms with E-state index >= 15 is 0 Å². The Morgan fingerprint density at radius 1 is 1.50 bits per heavy atom. The first-order chi connectivity index (χ1) is 8.61. The Morgan fingerprint density at radius 3 is 2.89 bits per heavy atom. The van der Waals surface area contributed by atoms with Crippen LogP contribution in [0.5, 0.6) is 5.75 Å². The zero-order valence-electron chi connectivity index (χ0n) is 10.4. The number of benzene rings is 1. The Balaban J connectivity index is 1.86. The van der Waals surface area contributed by atoms with Crippen molar-refractivity contribution in [1.82, 2.24) is 0 Å². The molecular weight excluding hydrogens is 296 g/mol. The lowest BCUT2D eigenvalue weighted by Crippen LogP contribution is -2.46. The SMILES string of the molecule is C=C[C@@]1(C)COC[C@@H](COc2ccc(Br)cc2)O1. The second kappa shape index (κ2) is 5.87. The summed E-state index contributed by atoms with van der Waals surface area (Å²) in [7, 11) is 0. The van der Waals surface area contributed by atoms with E-state index < -0.39 is 5.60 Å². The van der Waals surface area contributed by atoms with Crippen LogP contribution in [0.1, 0.15) is 6.92 Å². The van der Waals surface area contributed by atoms with Gasteiger partial charge in [0.25, 0.3) is 0 Å². The molecule has 98 valence electrons. The predicted octanol–water partition coefficient (Wildman–Crippen LogP) is 3.19. The van der Waals surface area contributed by atoms with Crippen LogP contribution >= 0.6 is 15.9 Å². The summed E-state index contributed by atoms with van der Waals surface area (Å²) in [4.78, 5) is 0. The molecule has 0 radical (unpaired) electrons. The van der Waals surface area contributed by atoms with E-state index in [4.69, 9.17) is 14.2 Å². The maximum absolute atomic E-state index is 5.89. The summed E-state index contributed by atoms with van der Waals surface area (Å²) >= 11 is 3.39. The van der Waals surface area contributed by atoms with Crippen molar-refractivity contribution in [3.8, 4) is 5.75 Å². The highest BCUT2D eigenvalue weighted by Gasteiger charge is 2.31. The van der Waals surface area contributed by atoms with E-state index in [1.165, 1.54) is 0 Å². The van der Waals surface area contributed by atoms with Gasteiger partial charge in [-0.1, -0.05) is 22.0 Å². The molecule has 2 atom stereocenters. The third-order valence-corrected chi connectivity index (χ3v) is 3.34. The van der Waals surface area contributed by atoms with Gasteiger partial charge in [0.05, 0.1) is 13.2 Å². The number of hydrogen-bond donors (Lipinski definition) is 0. The van der Waals surface area contributed by atoms with Gasteiger partial charge in [-0.15, -0.1) is 6.58 Å². The molecule has 4 heteroatoms. The molecule has 2 rings (SSSR count). The van der Waals surface area contributed by atoms with Crippen LogP contribution in [-0.2, 0) is 9.47 Å². The van der Waals surface area contributed by atoms with E-state index in [9.17, 15) is 0 Å². The average Bonchev–Trinajstić information content (AvgIpc) is 2.38. The lowest BCUT2D eigenvalue weighted by molar-refractivity contribution is -0.176. The Morgan fingerprint density at radius 2 is 2.22 bits per heavy atom. The van der Waals surface area contributed by atoms with E-state index in [1.54, 1.807) is 6.08 Å². The minimum Gasteiger partial charge on any atom is -0.491 e. The van der Waals surface area contributed by atoms with Crippen molar-refractivity contribution in [1.29, 1.82) is 0 Å².